The van der Waals surface area contributed by atoms with Gasteiger partial charge in [-0.15, -0.1) is 0 Å². The molecule has 0 bridgehead atoms. The zero-order chi connectivity index (χ0) is 15.2. The van der Waals surface area contributed by atoms with Gasteiger partial charge in [0.1, 0.15) is 0 Å². The fourth-order valence-electron chi connectivity index (χ4n) is 3.44. The third-order valence-corrected chi connectivity index (χ3v) is 4.47. The lowest BCUT2D eigenvalue weighted by Crippen LogP contribution is -1.86. The quantitative estimate of drug-likeness (QED) is 0.337. The van der Waals surface area contributed by atoms with E-state index in [-0.39, 0.29) is 0 Å². The normalized spacial score (nSPS) is 11.5. The Morgan fingerprint density at radius 2 is 1.35 bits per heavy atom. The molecule has 1 nitrogen and oxygen atoms in total. The van der Waals surface area contributed by atoms with Gasteiger partial charge < -0.3 is 4.42 Å². The smallest absolute Gasteiger partial charge is 0.0980 e. The van der Waals surface area contributed by atoms with Gasteiger partial charge in [0.05, 0.1) is 12.5 Å². The van der Waals surface area contributed by atoms with Gasteiger partial charge >= 0.3 is 0 Å². The van der Waals surface area contributed by atoms with Crippen LogP contribution in [-0.4, -0.2) is 0 Å². The van der Waals surface area contributed by atoms with Crippen molar-refractivity contribution >= 4 is 21.5 Å². The van der Waals surface area contributed by atoms with E-state index in [2.05, 4.69) is 66.7 Å². The summed E-state index contributed by atoms with van der Waals surface area (Å²) < 4.78 is 5.31. The lowest BCUT2D eigenvalue weighted by Gasteiger charge is -2.12. The zero-order valence-electron chi connectivity index (χ0n) is 12.4. The molecule has 1 aliphatic heterocycles. The van der Waals surface area contributed by atoms with Crippen LogP contribution in [0.5, 0.6) is 0 Å². The summed E-state index contributed by atoms with van der Waals surface area (Å²) in [7, 11) is 0. The molecule has 0 saturated heterocycles. The van der Waals surface area contributed by atoms with Crippen LogP contribution in [0.1, 0.15) is 0 Å². The molecule has 0 unspecified atom stereocenters. The van der Waals surface area contributed by atoms with Crippen LogP contribution in [0.25, 0.3) is 43.8 Å². The summed E-state index contributed by atoms with van der Waals surface area (Å²) >= 11 is 0. The predicted molar refractivity (Wildman–Crippen MR) is 94.6 cm³/mol. The van der Waals surface area contributed by atoms with E-state index < -0.39 is 0 Å². The summed E-state index contributed by atoms with van der Waals surface area (Å²) in [5.41, 5.74) is 4.87. The first kappa shape index (κ1) is 12.5. The van der Waals surface area contributed by atoms with Crippen molar-refractivity contribution in [2.75, 3.05) is 0 Å². The molecule has 107 valence electrons. The van der Waals surface area contributed by atoms with Crippen molar-refractivity contribution in [1.82, 2.24) is 0 Å². The number of hydrogen-bond acceptors (Lipinski definition) is 1. The van der Waals surface area contributed by atoms with Crippen LogP contribution in [0.3, 0.4) is 0 Å². The average Bonchev–Trinajstić information content (AvgIpc) is 3.03. The predicted octanol–water partition coefficient (Wildman–Crippen LogP) is 6.16. The van der Waals surface area contributed by atoms with Gasteiger partial charge in [-0.25, -0.2) is 0 Å². The van der Waals surface area contributed by atoms with Crippen molar-refractivity contribution in [3.63, 3.8) is 0 Å². The fourth-order valence-corrected chi connectivity index (χ4v) is 3.44. The van der Waals surface area contributed by atoms with Crippen molar-refractivity contribution < 1.29 is 4.42 Å². The molecule has 3 aromatic rings. The molecule has 23 heavy (non-hydrogen) atoms. The Morgan fingerprint density at radius 1 is 0.652 bits per heavy atom. The van der Waals surface area contributed by atoms with E-state index in [1.807, 2.05) is 6.07 Å². The van der Waals surface area contributed by atoms with Crippen molar-refractivity contribution in [3.8, 4) is 22.3 Å². The second kappa shape index (κ2) is 4.72. The van der Waals surface area contributed by atoms with Crippen LogP contribution < -0.4 is 0 Å². The lowest BCUT2D eigenvalue weighted by molar-refractivity contribution is 0.552. The van der Waals surface area contributed by atoms with Crippen LogP contribution >= 0.6 is 0 Å². The van der Waals surface area contributed by atoms with Gasteiger partial charge in [-0.2, -0.15) is 0 Å². The summed E-state index contributed by atoms with van der Waals surface area (Å²) in [4.78, 5) is 0. The first-order valence-corrected chi connectivity index (χ1v) is 7.70. The molecule has 0 atom stereocenters. The first-order valence-electron chi connectivity index (χ1n) is 7.70. The van der Waals surface area contributed by atoms with Crippen LogP contribution in [0.2, 0.25) is 0 Å². The highest BCUT2D eigenvalue weighted by Gasteiger charge is 2.16. The van der Waals surface area contributed by atoms with Gasteiger partial charge in [0, 0.05) is 5.56 Å². The van der Waals surface area contributed by atoms with E-state index in [0.717, 1.165) is 16.3 Å². The van der Waals surface area contributed by atoms with Crippen LogP contribution in [0, 0.1) is 6.07 Å². The van der Waals surface area contributed by atoms with Crippen molar-refractivity contribution in [3.05, 3.63) is 85.3 Å². The van der Waals surface area contributed by atoms with Crippen LogP contribution in [0.15, 0.2) is 83.7 Å². The van der Waals surface area contributed by atoms with E-state index in [1.165, 1.54) is 27.5 Å². The number of hydrogen-bond donors (Lipinski definition) is 0. The number of fused-ring (bicyclic) bond motifs is 3. The van der Waals surface area contributed by atoms with E-state index in [4.69, 9.17) is 4.42 Å². The van der Waals surface area contributed by atoms with Gasteiger partial charge in [0.15, 0.2) is 0 Å². The molecule has 0 spiro atoms. The highest BCUT2D eigenvalue weighted by atomic mass is 16.3. The minimum absolute atomic E-state index is 1.13. The minimum Gasteiger partial charge on any atom is -0.472 e. The molecule has 0 N–H and O–H groups in total. The van der Waals surface area contributed by atoms with Gasteiger partial charge in [-0.3, -0.25) is 0 Å². The summed E-state index contributed by atoms with van der Waals surface area (Å²) in [5.74, 6) is 0. The van der Waals surface area contributed by atoms with E-state index >= 15 is 0 Å². The third kappa shape index (κ3) is 1.80. The number of benzene rings is 3. The molecule has 1 aliphatic carbocycles. The van der Waals surface area contributed by atoms with Crippen LogP contribution in [0.4, 0.5) is 0 Å². The molecule has 1 heterocycles. The summed E-state index contributed by atoms with van der Waals surface area (Å²) in [6.45, 7) is 0. The maximum atomic E-state index is 5.31. The fraction of sp³-hybridized carbons (Fsp3) is 0. The van der Waals surface area contributed by atoms with Crippen molar-refractivity contribution in [2.45, 2.75) is 0 Å². The van der Waals surface area contributed by atoms with Crippen LogP contribution in [-0.2, 0) is 0 Å². The zero-order valence-corrected chi connectivity index (χ0v) is 12.4. The van der Waals surface area contributed by atoms with Crippen molar-refractivity contribution in [1.29, 1.82) is 0 Å². The Kier molecular flexibility index (Phi) is 2.56. The lowest BCUT2D eigenvalue weighted by atomic mass is 9.91. The molecule has 0 aromatic heterocycles. The second-order valence-corrected chi connectivity index (χ2v) is 5.76. The molecule has 5 rings (SSSR count). The van der Waals surface area contributed by atoms with E-state index in [9.17, 15) is 0 Å². The first-order chi connectivity index (χ1) is 11.4. The highest BCUT2D eigenvalue weighted by molar-refractivity contribution is 6.14. The Balaban J connectivity index is 1.99. The van der Waals surface area contributed by atoms with Crippen molar-refractivity contribution in [2.24, 2.45) is 0 Å². The Labute approximate surface area is 134 Å². The summed E-state index contributed by atoms with van der Waals surface area (Å²) in [5, 5.41) is 4.77. The van der Waals surface area contributed by atoms with Gasteiger partial charge in [-0.05, 0) is 50.4 Å². The molecular formula is C22H13O. The minimum atomic E-state index is 1.13. The standard InChI is InChI=1S/C22H13O/c1-3-7-19-15(5-1)13-16-6-2-4-8-20(16)22(19)21-10-9-17-14-23-12-11-18(17)21/h1-12,14H. The largest absolute Gasteiger partial charge is 0.472 e. The molecular weight excluding hydrogens is 280 g/mol. The molecule has 0 amide bonds. The average molecular weight is 293 g/mol. The molecule has 2 aliphatic rings. The Morgan fingerprint density at radius 3 is 2.09 bits per heavy atom. The number of rotatable bonds is 1. The maximum absolute atomic E-state index is 5.31. The van der Waals surface area contributed by atoms with Gasteiger partial charge in [-0.1, -0.05) is 60.7 Å². The van der Waals surface area contributed by atoms with E-state index in [1.54, 1.807) is 12.5 Å². The van der Waals surface area contributed by atoms with Gasteiger partial charge in [0.2, 0.25) is 0 Å². The van der Waals surface area contributed by atoms with E-state index in [0.29, 0.717) is 0 Å². The highest BCUT2D eigenvalue weighted by Crippen LogP contribution is 2.42. The molecule has 0 saturated carbocycles. The SMILES string of the molecule is [c]1c2ccccc2c(-c2ccc3coccc2-3)c2ccccc12. The topological polar surface area (TPSA) is 13.1 Å². The Hall–Kier alpha value is -3.06. The van der Waals surface area contributed by atoms with Gasteiger partial charge in [0.25, 0.3) is 0 Å². The molecule has 0 fully saturated rings. The second-order valence-electron chi connectivity index (χ2n) is 5.76. The Bertz CT molecular complexity index is 1060. The monoisotopic (exact) mass is 293 g/mol. The third-order valence-electron chi connectivity index (χ3n) is 4.47. The molecule has 1 radical (unpaired) electrons. The maximum Gasteiger partial charge on any atom is 0.0980 e. The molecule has 3 aromatic carbocycles. The summed E-state index contributed by atoms with van der Waals surface area (Å²) in [6.07, 6.45) is 3.55. The molecule has 1 heteroatoms. The summed E-state index contributed by atoms with van der Waals surface area (Å²) in [6, 6.07) is 26.8.